The number of para-hydroxylation sites is 1. The Morgan fingerprint density at radius 2 is 1.90 bits per heavy atom. The van der Waals surface area contributed by atoms with Gasteiger partial charge in [-0.15, -0.1) is 11.3 Å². The van der Waals surface area contributed by atoms with Gasteiger partial charge in [0.25, 0.3) is 5.91 Å². The van der Waals surface area contributed by atoms with Crippen molar-refractivity contribution in [1.29, 1.82) is 0 Å². The van der Waals surface area contributed by atoms with Crippen molar-refractivity contribution in [2.45, 2.75) is 32.1 Å². The van der Waals surface area contributed by atoms with E-state index >= 15 is 0 Å². The monoisotopic (exact) mass is 425 g/mol. The lowest BCUT2D eigenvalue weighted by atomic mass is 10.1. The van der Waals surface area contributed by atoms with Gasteiger partial charge < -0.3 is 5.32 Å². The van der Waals surface area contributed by atoms with E-state index in [-0.39, 0.29) is 17.7 Å². The quantitative estimate of drug-likeness (QED) is 0.584. The first-order valence-corrected chi connectivity index (χ1v) is 10.7. The Morgan fingerprint density at radius 3 is 2.66 bits per heavy atom. The number of hydrogen-bond donors (Lipinski definition) is 2. The maximum Gasteiger partial charge on any atom is 0.257 e. The summed E-state index contributed by atoms with van der Waals surface area (Å²) in [5.41, 5.74) is 3.23. The van der Waals surface area contributed by atoms with E-state index in [0.29, 0.717) is 15.7 Å². The second-order valence-corrected chi connectivity index (χ2v) is 8.40. The molecule has 0 bridgehead atoms. The summed E-state index contributed by atoms with van der Waals surface area (Å²) < 4.78 is 0. The lowest BCUT2D eigenvalue weighted by Crippen LogP contribution is -2.20. The van der Waals surface area contributed by atoms with Crippen molar-refractivity contribution in [3.05, 3.63) is 75.3 Å². The van der Waals surface area contributed by atoms with Gasteiger partial charge in [-0.25, -0.2) is 4.98 Å². The summed E-state index contributed by atoms with van der Waals surface area (Å²) >= 11 is 7.30. The molecular weight excluding hydrogens is 406 g/mol. The van der Waals surface area contributed by atoms with E-state index in [9.17, 15) is 9.59 Å². The number of thiazole rings is 1. The van der Waals surface area contributed by atoms with E-state index in [0.717, 1.165) is 41.1 Å². The lowest BCUT2D eigenvalue weighted by molar-refractivity contribution is -0.117. The number of nitrogens with zero attached hydrogens (tertiary/aromatic N) is 1. The first-order valence-electron chi connectivity index (χ1n) is 9.50. The maximum absolute atomic E-state index is 12.9. The minimum Gasteiger partial charge on any atom is -0.325 e. The highest BCUT2D eigenvalue weighted by atomic mass is 35.5. The zero-order chi connectivity index (χ0) is 20.4. The van der Waals surface area contributed by atoms with Crippen LogP contribution in [0, 0.1) is 0 Å². The highest BCUT2D eigenvalue weighted by Gasteiger charge is 2.33. The maximum atomic E-state index is 12.9. The molecule has 4 rings (SSSR count). The van der Waals surface area contributed by atoms with Gasteiger partial charge in [-0.2, -0.15) is 0 Å². The number of carbonyl (C=O) groups excluding carboxylic acids is 2. The Bertz CT molecular complexity index is 1060. The number of anilines is 2. The van der Waals surface area contributed by atoms with Gasteiger partial charge in [-0.05, 0) is 55.2 Å². The van der Waals surface area contributed by atoms with Crippen molar-refractivity contribution in [3.63, 3.8) is 0 Å². The predicted molar refractivity (Wildman–Crippen MR) is 117 cm³/mol. The van der Waals surface area contributed by atoms with Crippen molar-refractivity contribution >= 4 is 45.6 Å². The van der Waals surface area contributed by atoms with Crippen LogP contribution in [0.3, 0.4) is 0 Å². The Hall–Kier alpha value is -2.70. The molecule has 1 atom stereocenters. The molecular formula is C22H20ClN3O2S. The van der Waals surface area contributed by atoms with Crippen LogP contribution in [0.1, 0.15) is 45.8 Å². The largest absolute Gasteiger partial charge is 0.325 e. The molecule has 0 saturated carbocycles. The summed E-state index contributed by atoms with van der Waals surface area (Å²) in [6.07, 6.45) is 2.38. The van der Waals surface area contributed by atoms with Gasteiger partial charge in [0.2, 0.25) is 5.91 Å². The minimum atomic E-state index is -0.299. The highest BCUT2D eigenvalue weighted by molar-refractivity contribution is 7.16. The average Bonchev–Trinajstić information content (AvgIpc) is 3.29. The summed E-state index contributed by atoms with van der Waals surface area (Å²) in [6, 6.07) is 14.5. The number of benzene rings is 2. The summed E-state index contributed by atoms with van der Waals surface area (Å²) in [7, 11) is 0. The molecule has 7 heteroatoms. The molecule has 2 N–H and O–H groups in total. The summed E-state index contributed by atoms with van der Waals surface area (Å²) in [6.45, 7) is 2.06. The molecule has 0 aliphatic heterocycles. The van der Waals surface area contributed by atoms with Gasteiger partial charge in [0.1, 0.15) is 0 Å². The molecule has 0 spiro atoms. The molecule has 2 amide bonds. The molecule has 148 valence electrons. The van der Waals surface area contributed by atoms with Crippen molar-refractivity contribution in [2.24, 2.45) is 0 Å². The summed E-state index contributed by atoms with van der Waals surface area (Å²) in [5, 5.41) is 6.97. The Balaban J connectivity index is 1.48. The molecule has 1 aliphatic carbocycles. The van der Waals surface area contributed by atoms with Gasteiger partial charge in [0.15, 0.2) is 5.13 Å². The van der Waals surface area contributed by atoms with Crippen molar-refractivity contribution in [1.82, 2.24) is 4.98 Å². The number of halogens is 1. The first kappa shape index (κ1) is 19.6. The van der Waals surface area contributed by atoms with Gasteiger partial charge in [-0.3, -0.25) is 14.9 Å². The molecule has 2 aromatic carbocycles. The molecule has 5 nitrogen and oxygen atoms in total. The van der Waals surface area contributed by atoms with Crippen molar-refractivity contribution < 1.29 is 9.59 Å². The number of fused-ring (bicyclic) bond motifs is 1. The molecule has 0 saturated heterocycles. The standard InChI is InChI=1S/C22H20ClN3O2S/c1-2-13-5-3-4-6-17(13)24-21(28)16-11-12-18-19(16)25-22(29-18)26-20(27)14-7-9-15(23)10-8-14/h3-10,16H,2,11-12H2,1H3,(H,24,28)(H,25,26,27). The fourth-order valence-electron chi connectivity index (χ4n) is 3.48. The SMILES string of the molecule is CCc1ccccc1NC(=O)C1CCc2sc(NC(=O)c3ccc(Cl)cc3)nc21. The van der Waals surface area contributed by atoms with E-state index in [2.05, 4.69) is 22.5 Å². The van der Waals surface area contributed by atoms with Crippen LogP contribution in [0.2, 0.25) is 5.02 Å². The number of aryl methyl sites for hydroxylation is 2. The fourth-order valence-corrected chi connectivity index (χ4v) is 4.64. The summed E-state index contributed by atoms with van der Waals surface area (Å²) in [4.78, 5) is 30.9. The number of rotatable bonds is 5. The third-order valence-corrected chi connectivity index (χ3v) is 6.32. The van der Waals surface area contributed by atoms with Gasteiger partial charge in [0.05, 0.1) is 11.6 Å². The van der Waals surface area contributed by atoms with E-state index in [1.807, 2.05) is 24.3 Å². The second-order valence-electron chi connectivity index (χ2n) is 6.88. The zero-order valence-electron chi connectivity index (χ0n) is 15.9. The second kappa shape index (κ2) is 8.35. The molecule has 1 aromatic heterocycles. The molecule has 1 aliphatic rings. The average molecular weight is 426 g/mol. The molecule has 1 unspecified atom stereocenters. The molecule has 29 heavy (non-hydrogen) atoms. The van der Waals surface area contributed by atoms with Crippen LogP contribution in [0.15, 0.2) is 48.5 Å². The van der Waals surface area contributed by atoms with Crippen LogP contribution in [0.4, 0.5) is 10.8 Å². The molecule has 3 aromatic rings. The van der Waals surface area contributed by atoms with Crippen LogP contribution < -0.4 is 10.6 Å². The molecule has 1 heterocycles. The van der Waals surface area contributed by atoms with Crippen LogP contribution in [0.5, 0.6) is 0 Å². The predicted octanol–water partition coefficient (Wildman–Crippen LogP) is 5.28. The third kappa shape index (κ3) is 4.18. The minimum absolute atomic E-state index is 0.0504. The topological polar surface area (TPSA) is 71.1 Å². The molecule has 0 fully saturated rings. The van der Waals surface area contributed by atoms with Gasteiger partial charge >= 0.3 is 0 Å². The normalized spacial score (nSPS) is 15.0. The Morgan fingerprint density at radius 1 is 1.14 bits per heavy atom. The lowest BCUT2D eigenvalue weighted by Gasteiger charge is -2.13. The van der Waals surface area contributed by atoms with E-state index in [1.54, 1.807) is 24.3 Å². The fraction of sp³-hybridized carbons (Fsp3) is 0.227. The van der Waals surface area contributed by atoms with Crippen molar-refractivity contribution in [3.8, 4) is 0 Å². The first-order chi connectivity index (χ1) is 14.0. The van der Waals surface area contributed by atoms with Gasteiger partial charge in [-0.1, -0.05) is 36.7 Å². The number of amides is 2. The van der Waals surface area contributed by atoms with E-state index in [4.69, 9.17) is 11.6 Å². The van der Waals surface area contributed by atoms with Crippen molar-refractivity contribution in [2.75, 3.05) is 10.6 Å². The smallest absolute Gasteiger partial charge is 0.257 e. The third-order valence-electron chi connectivity index (χ3n) is 5.02. The Kier molecular flexibility index (Phi) is 5.65. The Labute approximate surface area is 178 Å². The number of nitrogens with one attached hydrogen (secondary N) is 2. The van der Waals surface area contributed by atoms with E-state index in [1.165, 1.54) is 11.3 Å². The number of carbonyl (C=O) groups is 2. The van der Waals surface area contributed by atoms with Crippen LogP contribution in [0.25, 0.3) is 0 Å². The number of aromatic nitrogens is 1. The number of hydrogen-bond acceptors (Lipinski definition) is 4. The molecule has 0 radical (unpaired) electrons. The van der Waals surface area contributed by atoms with E-state index < -0.39 is 0 Å². The van der Waals surface area contributed by atoms with Crippen LogP contribution in [-0.2, 0) is 17.6 Å². The highest BCUT2D eigenvalue weighted by Crippen LogP contribution is 2.39. The van der Waals surface area contributed by atoms with Gasteiger partial charge in [0, 0.05) is 21.2 Å². The van der Waals surface area contributed by atoms with Crippen LogP contribution >= 0.6 is 22.9 Å². The zero-order valence-corrected chi connectivity index (χ0v) is 17.4. The summed E-state index contributed by atoms with van der Waals surface area (Å²) in [5.74, 6) is -0.593. The van der Waals surface area contributed by atoms with Crippen LogP contribution in [-0.4, -0.2) is 16.8 Å².